The zero-order valence-corrected chi connectivity index (χ0v) is 17.6. The van der Waals surface area contributed by atoms with Gasteiger partial charge >= 0.3 is 0 Å². The lowest BCUT2D eigenvalue weighted by Gasteiger charge is -2.27. The number of nitrogens with two attached hydrogens (primary N) is 1. The molecule has 2 aromatic heterocycles. The normalized spacial score (nSPS) is 15.4. The standard InChI is InChI=1S/C25H19N3O2S/c1-2-16-12-13-20(31-16)21-18(14-26)24(27)30-23-17-10-6-7-11-19(17)28(25(29)22(21)23)15-8-4-3-5-9-15/h3-13,21H,2,27H2,1H3. The molecule has 3 heterocycles. The van der Waals surface area contributed by atoms with E-state index in [9.17, 15) is 10.1 Å². The topological polar surface area (TPSA) is 81.0 Å². The van der Waals surface area contributed by atoms with Crippen LogP contribution >= 0.6 is 11.3 Å². The van der Waals surface area contributed by atoms with Crippen LogP contribution in [0.25, 0.3) is 16.6 Å². The van der Waals surface area contributed by atoms with Crippen molar-refractivity contribution in [3.63, 3.8) is 0 Å². The molecule has 2 aromatic carbocycles. The zero-order chi connectivity index (χ0) is 21.5. The Kier molecular flexibility index (Phi) is 4.61. The zero-order valence-electron chi connectivity index (χ0n) is 16.8. The van der Waals surface area contributed by atoms with Gasteiger partial charge in [0.25, 0.3) is 5.56 Å². The highest BCUT2D eigenvalue weighted by molar-refractivity contribution is 7.12. The summed E-state index contributed by atoms with van der Waals surface area (Å²) in [6.45, 7) is 2.08. The minimum Gasteiger partial charge on any atom is -0.439 e. The van der Waals surface area contributed by atoms with Crippen LogP contribution in [0.1, 0.15) is 28.2 Å². The first-order valence-corrected chi connectivity index (χ1v) is 10.8. The number of para-hydroxylation sites is 2. The van der Waals surface area contributed by atoms with Gasteiger partial charge in [0.15, 0.2) is 0 Å². The van der Waals surface area contributed by atoms with E-state index >= 15 is 0 Å². The van der Waals surface area contributed by atoms with E-state index in [4.69, 9.17) is 10.5 Å². The molecule has 0 amide bonds. The maximum Gasteiger partial charge on any atom is 0.263 e. The number of pyridine rings is 1. The van der Waals surface area contributed by atoms with Crippen LogP contribution in [-0.2, 0) is 6.42 Å². The van der Waals surface area contributed by atoms with Crippen LogP contribution in [0.2, 0.25) is 0 Å². The molecule has 0 saturated heterocycles. The van der Waals surface area contributed by atoms with Crippen LogP contribution in [0.3, 0.4) is 0 Å². The number of hydrogen-bond donors (Lipinski definition) is 1. The van der Waals surface area contributed by atoms with E-state index in [0.717, 1.165) is 27.9 Å². The molecule has 0 radical (unpaired) electrons. The van der Waals surface area contributed by atoms with Crippen LogP contribution in [0.5, 0.6) is 5.75 Å². The first-order chi connectivity index (χ1) is 15.1. The van der Waals surface area contributed by atoms with E-state index < -0.39 is 5.92 Å². The molecule has 0 bridgehead atoms. The second-order valence-corrected chi connectivity index (χ2v) is 8.52. The third-order valence-corrected chi connectivity index (χ3v) is 6.87. The van der Waals surface area contributed by atoms with Crippen molar-refractivity contribution in [3.05, 3.63) is 104 Å². The minimum atomic E-state index is -0.564. The molecule has 4 aromatic rings. The highest BCUT2D eigenvalue weighted by Crippen LogP contribution is 2.45. The lowest BCUT2D eigenvalue weighted by atomic mass is 9.87. The van der Waals surface area contributed by atoms with E-state index in [-0.39, 0.29) is 17.0 Å². The predicted molar refractivity (Wildman–Crippen MR) is 123 cm³/mol. The molecule has 0 spiro atoms. The molecule has 1 unspecified atom stereocenters. The third kappa shape index (κ3) is 2.94. The van der Waals surface area contributed by atoms with Crippen LogP contribution in [0.4, 0.5) is 0 Å². The van der Waals surface area contributed by atoms with Crippen molar-refractivity contribution in [2.75, 3.05) is 0 Å². The molecule has 1 aliphatic heterocycles. The number of aryl methyl sites for hydroxylation is 1. The van der Waals surface area contributed by atoms with E-state index in [0.29, 0.717) is 11.3 Å². The minimum absolute atomic E-state index is 0.0495. The molecular weight excluding hydrogens is 406 g/mol. The van der Waals surface area contributed by atoms with Crippen LogP contribution in [-0.4, -0.2) is 4.57 Å². The molecule has 0 aliphatic carbocycles. The third-order valence-electron chi connectivity index (χ3n) is 5.57. The van der Waals surface area contributed by atoms with Crippen molar-refractivity contribution < 1.29 is 4.74 Å². The monoisotopic (exact) mass is 425 g/mol. The number of benzene rings is 2. The van der Waals surface area contributed by atoms with E-state index in [1.54, 1.807) is 15.9 Å². The number of rotatable bonds is 3. The lowest BCUT2D eigenvalue weighted by molar-refractivity contribution is 0.397. The smallest absolute Gasteiger partial charge is 0.263 e. The van der Waals surface area contributed by atoms with Crippen molar-refractivity contribution in [1.29, 1.82) is 5.26 Å². The molecule has 0 saturated carbocycles. The molecule has 0 fully saturated rings. The number of nitrogens with zero attached hydrogens (tertiary/aromatic N) is 2. The van der Waals surface area contributed by atoms with Gasteiger partial charge in [0.2, 0.25) is 5.88 Å². The lowest BCUT2D eigenvalue weighted by Crippen LogP contribution is -2.31. The molecule has 2 N–H and O–H groups in total. The number of aromatic nitrogens is 1. The average molecular weight is 426 g/mol. The number of allylic oxidation sites excluding steroid dienone is 1. The van der Waals surface area contributed by atoms with Gasteiger partial charge < -0.3 is 10.5 Å². The number of hydrogen-bond acceptors (Lipinski definition) is 5. The fraction of sp³-hybridized carbons (Fsp3) is 0.120. The Morgan fingerprint density at radius 3 is 2.55 bits per heavy atom. The van der Waals surface area contributed by atoms with Crippen molar-refractivity contribution in [2.45, 2.75) is 19.3 Å². The van der Waals surface area contributed by atoms with Crippen LogP contribution in [0.15, 0.2) is 83.0 Å². The maximum absolute atomic E-state index is 14.0. The summed E-state index contributed by atoms with van der Waals surface area (Å²) in [7, 11) is 0. The van der Waals surface area contributed by atoms with Gasteiger partial charge in [0.05, 0.1) is 17.0 Å². The largest absolute Gasteiger partial charge is 0.439 e. The van der Waals surface area contributed by atoms with Gasteiger partial charge in [-0.05, 0) is 42.8 Å². The summed E-state index contributed by atoms with van der Waals surface area (Å²) in [6, 6.07) is 23.3. The summed E-state index contributed by atoms with van der Waals surface area (Å²) in [4.78, 5) is 16.1. The second kappa shape index (κ2) is 7.46. The van der Waals surface area contributed by atoms with Gasteiger partial charge in [-0.1, -0.05) is 37.3 Å². The van der Waals surface area contributed by atoms with Crippen LogP contribution < -0.4 is 16.0 Å². The highest BCUT2D eigenvalue weighted by Gasteiger charge is 2.36. The van der Waals surface area contributed by atoms with Gasteiger partial charge in [-0.3, -0.25) is 9.36 Å². The Labute approximate surface area is 183 Å². The van der Waals surface area contributed by atoms with Gasteiger partial charge in [0, 0.05) is 20.8 Å². The van der Waals surface area contributed by atoms with Gasteiger partial charge in [-0.25, -0.2) is 0 Å². The first-order valence-electron chi connectivity index (χ1n) is 10.0. The first kappa shape index (κ1) is 19.2. The van der Waals surface area contributed by atoms with Crippen molar-refractivity contribution in [3.8, 4) is 17.5 Å². The molecule has 31 heavy (non-hydrogen) atoms. The number of nitriles is 1. The number of thiophene rings is 1. The quantitative estimate of drug-likeness (QED) is 0.510. The van der Waals surface area contributed by atoms with E-state index in [1.807, 2.05) is 66.7 Å². The average Bonchev–Trinajstić information content (AvgIpc) is 3.28. The Morgan fingerprint density at radius 1 is 1.10 bits per heavy atom. The van der Waals surface area contributed by atoms with E-state index in [2.05, 4.69) is 13.0 Å². The predicted octanol–water partition coefficient (Wildman–Crippen LogP) is 4.83. The maximum atomic E-state index is 14.0. The Morgan fingerprint density at radius 2 is 1.84 bits per heavy atom. The van der Waals surface area contributed by atoms with Crippen molar-refractivity contribution in [1.82, 2.24) is 4.57 Å². The fourth-order valence-electron chi connectivity index (χ4n) is 4.13. The highest BCUT2D eigenvalue weighted by atomic mass is 32.1. The van der Waals surface area contributed by atoms with Crippen molar-refractivity contribution in [2.24, 2.45) is 5.73 Å². The van der Waals surface area contributed by atoms with Gasteiger partial charge in [-0.2, -0.15) is 5.26 Å². The van der Waals surface area contributed by atoms with E-state index in [1.165, 1.54) is 4.88 Å². The number of ether oxygens (including phenoxy) is 1. The summed E-state index contributed by atoms with van der Waals surface area (Å²) in [5.41, 5.74) is 8.17. The summed E-state index contributed by atoms with van der Waals surface area (Å²) in [5, 5.41) is 10.7. The van der Waals surface area contributed by atoms with Crippen molar-refractivity contribution >= 4 is 22.2 Å². The Balaban J connectivity index is 1.91. The van der Waals surface area contributed by atoms with Gasteiger partial charge in [0.1, 0.15) is 17.4 Å². The fourth-order valence-corrected chi connectivity index (χ4v) is 5.20. The molecule has 5 rings (SSSR count). The summed E-state index contributed by atoms with van der Waals surface area (Å²) < 4.78 is 7.62. The van der Waals surface area contributed by atoms with Crippen LogP contribution in [0, 0.1) is 11.3 Å². The molecular formula is C25H19N3O2S. The molecule has 152 valence electrons. The molecule has 5 nitrogen and oxygen atoms in total. The second-order valence-electron chi connectivity index (χ2n) is 7.32. The van der Waals surface area contributed by atoms with Gasteiger partial charge in [-0.15, -0.1) is 11.3 Å². The summed E-state index contributed by atoms with van der Waals surface area (Å²) >= 11 is 1.60. The molecule has 1 atom stereocenters. The Bertz CT molecular complexity index is 1440. The summed E-state index contributed by atoms with van der Waals surface area (Å²) in [5.74, 6) is -0.0830. The number of fused-ring (bicyclic) bond motifs is 3. The molecule has 1 aliphatic rings. The summed E-state index contributed by atoms with van der Waals surface area (Å²) in [6.07, 6.45) is 0.883. The SMILES string of the molecule is CCc1ccc(C2C(C#N)=C(N)Oc3c2c(=O)n(-c2ccccc2)c2ccccc32)s1. The Hall–Kier alpha value is -3.82. The molecule has 6 heteroatoms.